The third-order valence-electron chi connectivity index (χ3n) is 3.48. The third-order valence-corrected chi connectivity index (χ3v) is 3.48. The van der Waals surface area contributed by atoms with E-state index in [4.69, 9.17) is 4.74 Å². The Morgan fingerprint density at radius 2 is 1.88 bits per heavy atom. The molecule has 0 amide bonds. The lowest BCUT2D eigenvalue weighted by Gasteiger charge is -2.34. The van der Waals surface area contributed by atoms with Crippen molar-refractivity contribution in [3.8, 4) is 0 Å². The first kappa shape index (κ1) is 14.4. The minimum Gasteiger partial charge on any atom is -0.468 e. The second-order valence-corrected chi connectivity index (χ2v) is 4.43. The maximum atomic E-state index is 11.4. The van der Waals surface area contributed by atoms with Gasteiger partial charge in [-0.1, -0.05) is 6.92 Å². The lowest BCUT2D eigenvalue weighted by Crippen LogP contribution is -2.47. The van der Waals surface area contributed by atoms with E-state index in [2.05, 4.69) is 22.0 Å². The summed E-state index contributed by atoms with van der Waals surface area (Å²) in [6.45, 7) is 8.77. The molecule has 0 aromatic rings. The summed E-state index contributed by atoms with van der Waals surface area (Å²) in [5.74, 6) is -0.167. The van der Waals surface area contributed by atoms with E-state index < -0.39 is 0 Å². The molecule has 1 heterocycles. The Hall–Kier alpha value is -0.650. The van der Waals surface area contributed by atoms with Gasteiger partial charge in [-0.2, -0.15) is 0 Å². The van der Waals surface area contributed by atoms with E-state index in [0.717, 1.165) is 45.7 Å². The number of hydrogen-bond acceptors (Lipinski definition) is 5. The Labute approximate surface area is 104 Å². The average Bonchev–Trinajstić information content (AvgIpc) is 2.39. The van der Waals surface area contributed by atoms with E-state index in [1.165, 1.54) is 7.11 Å². The monoisotopic (exact) mass is 243 g/mol. The number of piperazine rings is 1. The van der Waals surface area contributed by atoms with Crippen molar-refractivity contribution in [3.05, 3.63) is 0 Å². The highest BCUT2D eigenvalue weighted by molar-refractivity contribution is 5.75. The molecule has 1 unspecified atom stereocenters. The first-order valence-electron chi connectivity index (χ1n) is 6.41. The van der Waals surface area contributed by atoms with Crippen LogP contribution in [0.15, 0.2) is 0 Å². The molecule has 0 aliphatic carbocycles. The fraction of sp³-hybridized carbons (Fsp3) is 0.917. The molecule has 5 heteroatoms. The van der Waals surface area contributed by atoms with Gasteiger partial charge in [-0.05, 0) is 20.0 Å². The summed E-state index contributed by atoms with van der Waals surface area (Å²) in [4.78, 5) is 16.3. The zero-order chi connectivity index (χ0) is 12.7. The van der Waals surface area contributed by atoms with Gasteiger partial charge in [0, 0.05) is 32.7 Å². The van der Waals surface area contributed by atoms with Crippen LogP contribution in [0.2, 0.25) is 0 Å². The summed E-state index contributed by atoms with van der Waals surface area (Å²) in [5, 5.41) is 3.00. The topological polar surface area (TPSA) is 44.8 Å². The lowest BCUT2D eigenvalue weighted by atomic mass is 10.2. The number of ether oxygens (including phenoxy) is 1. The second-order valence-electron chi connectivity index (χ2n) is 4.43. The van der Waals surface area contributed by atoms with Gasteiger partial charge in [-0.3, -0.25) is 4.79 Å². The van der Waals surface area contributed by atoms with Crippen LogP contribution in [0.5, 0.6) is 0 Å². The molecule has 1 saturated heterocycles. The van der Waals surface area contributed by atoms with Crippen LogP contribution in [0.1, 0.15) is 13.3 Å². The van der Waals surface area contributed by atoms with Crippen molar-refractivity contribution in [2.45, 2.75) is 19.4 Å². The summed E-state index contributed by atoms with van der Waals surface area (Å²) in [6, 6.07) is -0.177. The Morgan fingerprint density at radius 1 is 1.29 bits per heavy atom. The number of nitrogens with zero attached hydrogens (tertiary/aromatic N) is 2. The van der Waals surface area contributed by atoms with Crippen LogP contribution in [0.3, 0.4) is 0 Å². The molecule has 1 rings (SSSR count). The summed E-state index contributed by atoms with van der Waals surface area (Å²) < 4.78 is 4.75. The number of likely N-dealkylation sites (N-methyl/N-ethyl adjacent to an activating group) is 2. The van der Waals surface area contributed by atoms with Crippen LogP contribution in [0.25, 0.3) is 0 Å². The molecule has 1 aliphatic heterocycles. The van der Waals surface area contributed by atoms with Gasteiger partial charge in [0.2, 0.25) is 0 Å². The summed E-state index contributed by atoms with van der Waals surface area (Å²) >= 11 is 0. The van der Waals surface area contributed by atoms with E-state index in [1.54, 1.807) is 7.05 Å². The van der Waals surface area contributed by atoms with E-state index in [9.17, 15) is 4.79 Å². The van der Waals surface area contributed by atoms with Gasteiger partial charge in [0.15, 0.2) is 0 Å². The molecule has 0 bridgehead atoms. The van der Waals surface area contributed by atoms with E-state index in [0.29, 0.717) is 0 Å². The number of nitrogens with one attached hydrogen (secondary N) is 1. The Morgan fingerprint density at radius 3 is 2.35 bits per heavy atom. The van der Waals surface area contributed by atoms with Crippen molar-refractivity contribution in [2.75, 3.05) is 53.4 Å². The van der Waals surface area contributed by atoms with Gasteiger partial charge in [0.05, 0.1) is 7.11 Å². The molecule has 100 valence electrons. The zero-order valence-corrected chi connectivity index (χ0v) is 11.2. The maximum absolute atomic E-state index is 11.4. The van der Waals surface area contributed by atoms with Crippen molar-refractivity contribution < 1.29 is 9.53 Å². The molecular formula is C12H25N3O2. The number of carbonyl (C=O) groups is 1. The van der Waals surface area contributed by atoms with E-state index >= 15 is 0 Å². The van der Waals surface area contributed by atoms with Crippen LogP contribution < -0.4 is 5.32 Å². The van der Waals surface area contributed by atoms with Crippen molar-refractivity contribution in [1.82, 2.24) is 15.1 Å². The molecule has 5 nitrogen and oxygen atoms in total. The summed E-state index contributed by atoms with van der Waals surface area (Å²) in [6.07, 6.45) is 0.815. The first-order valence-corrected chi connectivity index (χ1v) is 6.41. The molecule has 0 radical (unpaired) electrons. The normalized spacial score (nSPS) is 20.2. The van der Waals surface area contributed by atoms with Gasteiger partial charge in [-0.25, -0.2) is 0 Å². The van der Waals surface area contributed by atoms with Crippen LogP contribution >= 0.6 is 0 Å². The molecule has 1 N–H and O–H groups in total. The molecule has 1 fully saturated rings. The van der Waals surface area contributed by atoms with Crippen LogP contribution in [-0.4, -0.2) is 75.2 Å². The number of esters is 1. The first-order chi connectivity index (χ1) is 8.21. The van der Waals surface area contributed by atoms with Gasteiger partial charge < -0.3 is 19.9 Å². The quantitative estimate of drug-likeness (QED) is 0.653. The van der Waals surface area contributed by atoms with Gasteiger partial charge >= 0.3 is 5.97 Å². The molecule has 1 aliphatic rings. The fourth-order valence-corrected chi connectivity index (χ4v) is 2.16. The smallest absolute Gasteiger partial charge is 0.322 e. The predicted octanol–water partition coefficient (Wildman–Crippen LogP) is -0.225. The lowest BCUT2D eigenvalue weighted by molar-refractivity contribution is -0.143. The number of hydrogen-bond donors (Lipinski definition) is 1. The molecular weight excluding hydrogens is 218 g/mol. The minimum atomic E-state index is -0.177. The molecule has 0 saturated carbocycles. The average molecular weight is 243 g/mol. The SMILES string of the molecule is CCN1CCN(CCC(NC)C(=O)OC)CC1. The Balaban J connectivity index is 2.24. The van der Waals surface area contributed by atoms with Crippen LogP contribution in [0, 0.1) is 0 Å². The van der Waals surface area contributed by atoms with Gasteiger partial charge in [0.1, 0.15) is 6.04 Å². The molecule has 0 aromatic heterocycles. The Kier molecular flexibility index (Phi) is 6.47. The number of methoxy groups -OCH3 is 1. The van der Waals surface area contributed by atoms with E-state index in [1.807, 2.05) is 0 Å². The Bertz CT molecular complexity index is 228. The van der Waals surface area contributed by atoms with Crippen molar-refractivity contribution in [2.24, 2.45) is 0 Å². The third kappa shape index (κ3) is 4.61. The summed E-state index contributed by atoms with van der Waals surface area (Å²) in [7, 11) is 3.24. The highest BCUT2D eigenvalue weighted by atomic mass is 16.5. The number of rotatable bonds is 6. The second kappa shape index (κ2) is 7.63. The van der Waals surface area contributed by atoms with Crippen molar-refractivity contribution in [3.63, 3.8) is 0 Å². The highest BCUT2D eigenvalue weighted by Gasteiger charge is 2.20. The largest absolute Gasteiger partial charge is 0.468 e. The summed E-state index contributed by atoms with van der Waals surface area (Å²) in [5.41, 5.74) is 0. The van der Waals surface area contributed by atoms with E-state index in [-0.39, 0.29) is 12.0 Å². The molecule has 0 aromatic carbocycles. The standard InChI is InChI=1S/C12H25N3O2/c1-4-14-7-9-15(10-8-14)6-5-11(13-2)12(16)17-3/h11,13H,4-10H2,1-3H3. The van der Waals surface area contributed by atoms with Gasteiger partial charge in [0.25, 0.3) is 0 Å². The predicted molar refractivity (Wildman–Crippen MR) is 68.0 cm³/mol. The molecule has 17 heavy (non-hydrogen) atoms. The van der Waals surface area contributed by atoms with Crippen molar-refractivity contribution >= 4 is 5.97 Å². The minimum absolute atomic E-state index is 0.167. The fourth-order valence-electron chi connectivity index (χ4n) is 2.16. The van der Waals surface area contributed by atoms with Crippen molar-refractivity contribution in [1.29, 1.82) is 0 Å². The van der Waals surface area contributed by atoms with Crippen LogP contribution in [0.4, 0.5) is 0 Å². The molecule has 1 atom stereocenters. The highest BCUT2D eigenvalue weighted by Crippen LogP contribution is 2.04. The number of carbonyl (C=O) groups excluding carboxylic acids is 1. The van der Waals surface area contributed by atoms with Gasteiger partial charge in [-0.15, -0.1) is 0 Å². The zero-order valence-electron chi connectivity index (χ0n) is 11.2. The van der Waals surface area contributed by atoms with Crippen LogP contribution in [-0.2, 0) is 9.53 Å². The maximum Gasteiger partial charge on any atom is 0.322 e. The molecule has 0 spiro atoms.